The summed E-state index contributed by atoms with van der Waals surface area (Å²) in [4.78, 5) is 2.41. The fourth-order valence-electron chi connectivity index (χ4n) is 1.89. The second-order valence-corrected chi connectivity index (χ2v) is 4.88. The van der Waals surface area contributed by atoms with Crippen molar-refractivity contribution >= 4 is 0 Å². The zero-order valence-corrected chi connectivity index (χ0v) is 9.93. The fraction of sp³-hybridized carbons (Fsp3) is 0.833. The molecule has 1 heteroatoms. The van der Waals surface area contributed by atoms with Crippen molar-refractivity contribution in [2.45, 2.75) is 34.1 Å². The molecule has 0 aromatic carbocycles. The third-order valence-corrected chi connectivity index (χ3v) is 2.00. The van der Waals surface area contributed by atoms with Crippen molar-refractivity contribution < 1.29 is 0 Å². The van der Waals surface area contributed by atoms with Gasteiger partial charge in [-0.25, -0.2) is 0 Å². The van der Waals surface area contributed by atoms with Crippen LogP contribution in [0.4, 0.5) is 0 Å². The first-order chi connectivity index (χ1) is 5.91. The van der Waals surface area contributed by atoms with E-state index in [2.05, 4.69) is 46.2 Å². The van der Waals surface area contributed by atoms with Gasteiger partial charge in [0.15, 0.2) is 0 Å². The van der Waals surface area contributed by atoms with E-state index in [4.69, 9.17) is 0 Å². The Morgan fingerprint density at radius 3 is 2.15 bits per heavy atom. The molecule has 1 atom stereocenters. The molecular formula is C12H25N. The lowest BCUT2D eigenvalue weighted by Gasteiger charge is -2.22. The first kappa shape index (κ1) is 12.7. The minimum atomic E-state index is 0.737. The molecule has 0 unspecified atom stereocenters. The summed E-state index contributed by atoms with van der Waals surface area (Å²) in [5.74, 6) is 1.50. The van der Waals surface area contributed by atoms with Crippen LogP contribution in [0.15, 0.2) is 12.2 Å². The van der Waals surface area contributed by atoms with E-state index in [0.29, 0.717) is 0 Å². The highest BCUT2D eigenvalue weighted by molar-refractivity contribution is 4.89. The number of allylic oxidation sites excluding steroid dienone is 1. The molecule has 0 aromatic heterocycles. The first-order valence-corrected chi connectivity index (χ1v) is 5.24. The predicted molar refractivity (Wildman–Crippen MR) is 60.9 cm³/mol. The van der Waals surface area contributed by atoms with Crippen molar-refractivity contribution in [2.75, 3.05) is 20.1 Å². The molecule has 0 amide bonds. The maximum absolute atomic E-state index is 3.94. The molecule has 13 heavy (non-hydrogen) atoms. The van der Waals surface area contributed by atoms with Crippen LogP contribution in [-0.2, 0) is 0 Å². The molecule has 78 valence electrons. The quantitative estimate of drug-likeness (QED) is 0.572. The monoisotopic (exact) mass is 183 g/mol. The summed E-state index contributed by atoms with van der Waals surface area (Å²) in [7, 11) is 2.20. The van der Waals surface area contributed by atoms with Gasteiger partial charge in [-0.1, -0.05) is 26.3 Å². The van der Waals surface area contributed by atoms with Crippen LogP contribution in [0.5, 0.6) is 0 Å². The smallest absolute Gasteiger partial charge is 0.000714 e. The van der Waals surface area contributed by atoms with Gasteiger partial charge < -0.3 is 4.90 Å². The van der Waals surface area contributed by atoms with Crippen LogP contribution < -0.4 is 0 Å². The lowest BCUT2D eigenvalue weighted by Crippen LogP contribution is -2.28. The van der Waals surface area contributed by atoms with Crippen molar-refractivity contribution in [3.63, 3.8) is 0 Å². The summed E-state index contributed by atoms with van der Waals surface area (Å²) in [6.45, 7) is 15.3. The summed E-state index contributed by atoms with van der Waals surface area (Å²) >= 11 is 0. The summed E-state index contributed by atoms with van der Waals surface area (Å²) in [5, 5.41) is 0. The largest absolute Gasteiger partial charge is 0.306 e. The van der Waals surface area contributed by atoms with Gasteiger partial charge in [0.1, 0.15) is 0 Å². The van der Waals surface area contributed by atoms with Gasteiger partial charge in [-0.2, -0.15) is 0 Å². The number of hydrogen-bond donors (Lipinski definition) is 0. The fourth-order valence-corrected chi connectivity index (χ4v) is 1.89. The summed E-state index contributed by atoms with van der Waals surface area (Å²) in [5.41, 5.74) is 1.30. The maximum Gasteiger partial charge on any atom is 0.000714 e. The third kappa shape index (κ3) is 8.04. The van der Waals surface area contributed by atoms with E-state index in [0.717, 1.165) is 18.3 Å². The summed E-state index contributed by atoms with van der Waals surface area (Å²) < 4.78 is 0. The number of hydrogen-bond acceptors (Lipinski definition) is 1. The van der Waals surface area contributed by atoms with E-state index < -0.39 is 0 Å². The van der Waals surface area contributed by atoms with Gasteiger partial charge in [-0.15, -0.1) is 6.58 Å². The van der Waals surface area contributed by atoms with Gasteiger partial charge in [0, 0.05) is 13.1 Å². The second kappa shape index (κ2) is 6.20. The van der Waals surface area contributed by atoms with Crippen LogP contribution in [0, 0.1) is 11.8 Å². The molecule has 0 aromatic rings. The molecule has 1 nitrogen and oxygen atoms in total. The Labute approximate surface area is 83.8 Å². The summed E-state index contributed by atoms with van der Waals surface area (Å²) in [6, 6.07) is 0. The zero-order valence-electron chi connectivity index (χ0n) is 9.93. The molecule has 0 rings (SSSR count). The molecule has 0 saturated heterocycles. The molecule has 0 aliphatic rings. The van der Waals surface area contributed by atoms with E-state index in [-0.39, 0.29) is 0 Å². The highest BCUT2D eigenvalue weighted by atomic mass is 15.1. The van der Waals surface area contributed by atoms with Crippen LogP contribution in [0.1, 0.15) is 34.1 Å². The number of rotatable bonds is 6. The standard InChI is InChI=1S/C12H25N/c1-10(2)7-12(5)9-13(6)8-11(3)4/h11-12H,1,7-9H2,2-6H3/t12-/m0/s1. The van der Waals surface area contributed by atoms with Crippen molar-refractivity contribution in [1.82, 2.24) is 4.90 Å². The average molecular weight is 183 g/mol. The zero-order chi connectivity index (χ0) is 10.4. The molecule has 0 saturated carbocycles. The van der Waals surface area contributed by atoms with E-state index in [1.165, 1.54) is 18.7 Å². The van der Waals surface area contributed by atoms with Crippen molar-refractivity contribution in [3.05, 3.63) is 12.2 Å². The Hall–Kier alpha value is -0.300. The number of nitrogens with zero attached hydrogens (tertiary/aromatic N) is 1. The molecule has 0 heterocycles. The van der Waals surface area contributed by atoms with E-state index in [1.54, 1.807) is 0 Å². The van der Waals surface area contributed by atoms with E-state index >= 15 is 0 Å². The molecule has 0 spiro atoms. The Bertz CT molecular complexity index is 149. The van der Waals surface area contributed by atoms with E-state index in [9.17, 15) is 0 Å². The molecule has 0 bridgehead atoms. The van der Waals surface area contributed by atoms with Gasteiger partial charge in [-0.05, 0) is 32.2 Å². The van der Waals surface area contributed by atoms with Crippen molar-refractivity contribution in [1.29, 1.82) is 0 Å². The lowest BCUT2D eigenvalue weighted by atomic mass is 10.0. The van der Waals surface area contributed by atoms with Crippen LogP contribution in [0.25, 0.3) is 0 Å². The minimum absolute atomic E-state index is 0.737. The van der Waals surface area contributed by atoms with Crippen molar-refractivity contribution in [3.8, 4) is 0 Å². The molecule has 0 aliphatic carbocycles. The first-order valence-electron chi connectivity index (χ1n) is 5.24. The van der Waals surface area contributed by atoms with Crippen LogP contribution in [-0.4, -0.2) is 25.0 Å². The van der Waals surface area contributed by atoms with Gasteiger partial charge in [-0.3, -0.25) is 0 Å². The van der Waals surface area contributed by atoms with Gasteiger partial charge in [0.25, 0.3) is 0 Å². The molecule has 0 radical (unpaired) electrons. The molecular weight excluding hydrogens is 158 g/mol. The Kier molecular flexibility index (Phi) is 6.06. The SMILES string of the molecule is C=C(C)C[C@H](C)CN(C)CC(C)C. The van der Waals surface area contributed by atoms with Crippen LogP contribution in [0.2, 0.25) is 0 Å². The molecule has 0 fully saturated rings. The van der Waals surface area contributed by atoms with Gasteiger partial charge in [0.05, 0.1) is 0 Å². The van der Waals surface area contributed by atoms with Crippen LogP contribution >= 0.6 is 0 Å². The second-order valence-electron chi connectivity index (χ2n) is 4.88. The van der Waals surface area contributed by atoms with Crippen LogP contribution in [0.3, 0.4) is 0 Å². The third-order valence-electron chi connectivity index (χ3n) is 2.00. The topological polar surface area (TPSA) is 3.24 Å². The Morgan fingerprint density at radius 2 is 1.77 bits per heavy atom. The lowest BCUT2D eigenvalue weighted by molar-refractivity contribution is 0.257. The van der Waals surface area contributed by atoms with Crippen molar-refractivity contribution in [2.24, 2.45) is 11.8 Å². The molecule has 0 N–H and O–H groups in total. The highest BCUT2D eigenvalue weighted by Crippen LogP contribution is 2.10. The Morgan fingerprint density at radius 1 is 1.23 bits per heavy atom. The van der Waals surface area contributed by atoms with E-state index in [1.807, 2.05) is 0 Å². The minimum Gasteiger partial charge on any atom is -0.306 e. The van der Waals surface area contributed by atoms with Gasteiger partial charge in [0.2, 0.25) is 0 Å². The predicted octanol–water partition coefficient (Wildman–Crippen LogP) is 3.18. The highest BCUT2D eigenvalue weighted by Gasteiger charge is 2.07. The maximum atomic E-state index is 3.94. The summed E-state index contributed by atoms with van der Waals surface area (Å²) in [6.07, 6.45) is 1.16. The Balaban J connectivity index is 3.64. The average Bonchev–Trinajstić information content (AvgIpc) is 1.80. The molecule has 0 aliphatic heterocycles. The van der Waals surface area contributed by atoms with Gasteiger partial charge >= 0.3 is 0 Å². The normalized spacial score (nSPS) is 13.8.